The molecule has 0 radical (unpaired) electrons. The number of fused-ring (bicyclic) bond motifs is 9. The smallest absolute Gasteiger partial charge is 0.131 e. The molecule has 2 nitrogen and oxygen atoms in total. The van der Waals surface area contributed by atoms with Gasteiger partial charge in [-0.05, 0) is 98.8 Å². The third kappa shape index (κ3) is 6.72. The summed E-state index contributed by atoms with van der Waals surface area (Å²) in [6.07, 6.45) is 7.65. The highest BCUT2D eigenvalue weighted by molar-refractivity contribution is 7.26. The first-order valence-corrected chi connectivity index (χ1v) is 24.0. The van der Waals surface area contributed by atoms with Crippen LogP contribution in [0.25, 0.3) is 90.0 Å². The number of thiophene rings is 3. The van der Waals surface area contributed by atoms with Crippen LogP contribution in [0.3, 0.4) is 0 Å². The second kappa shape index (κ2) is 15.9. The molecule has 8 aromatic carbocycles. The fraction of sp³-hybridized carbons (Fsp3) is 0.0339. The predicted octanol–water partition coefficient (Wildman–Crippen LogP) is 17.0. The van der Waals surface area contributed by atoms with E-state index in [-0.39, 0.29) is 5.92 Å². The standard InChI is InChI=1S/C59H40N2S3/c1-36(38-17-11-18-39(32-38)43-22-12-25-49-46-19-5-8-28-53(46)62-56(43)49)31-52(37-15-3-2-4-16-37)61-59(60)42-34-40(44-23-13-26-50-47-20-6-9-29-54(47)63-57(44)50)33-41(35-42)45-24-14-27-51-48-21-7-10-30-55(48)64-58(45)51/h2-23,25-35,45H,1,24H2,(H2,60,61)/b52-31-. The molecular weight excluding hydrogens is 833 g/mol. The van der Waals surface area contributed by atoms with Crippen molar-refractivity contribution in [2.45, 2.75) is 12.3 Å². The van der Waals surface area contributed by atoms with E-state index >= 15 is 0 Å². The molecule has 0 spiro atoms. The molecule has 1 aliphatic carbocycles. The van der Waals surface area contributed by atoms with Gasteiger partial charge in [-0.3, -0.25) is 0 Å². The highest BCUT2D eigenvalue weighted by Gasteiger charge is 2.25. The van der Waals surface area contributed by atoms with Crippen LogP contribution in [0.15, 0.2) is 206 Å². The van der Waals surface area contributed by atoms with Crippen LogP contribution in [0.5, 0.6) is 0 Å². The van der Waals surface area contributed by atoms with E-state index in [4.69, 9.17) is 10.7 Å². The maximum Gasteiger partial charge on any atom is 0.131 e. The Morgan fingerprint density at radius 1 is 0.531 bits per heavy atom. The van der Waals surface area contributed by atoms with Gasteiger partial charge in [0.1, 0.15) is 5.84 Å². The van der Waals surface area contributed by atoms with E-state index < -0.39 is 0 Å². The third-order valence-corrected chi connectivity index (χ3v) is 16.3. The van der Waals surface area contributed by atoms with Gasteiger partial charge < -0.3 is 5.73 Å². The Hall–Kier alpha value is -7.15. The third-order valence-electron chi connectivity index (χ3n) is 12.6. The number of nitrogens with zero attached hydrogens (tertiary/aromatic N) is 1. The summed E-state index contributed by atoms with van der Waals surface area (Å²) in [5, 5.41) is 6.46. The molecule has 11 aromatic rings. The SMILES string of the molecule is C=C(/C=C(\N=C(N)c1cc(-c2cccc3c2sc2ccccc23)cc(C2CC=Cc3c2sc2ccccc32)c1)c1ccccc1)c1cccc(-c2cccc3c2sc2ccccc23)c1. The van der Waals surface area contributed by atoms with Crippen LogP contribution < -0.4 is 5.73 Å². The van der Waals surface area contributed by atoms with Gasteiger partial charge in [0.05, 0.1) is 5.70 Å². The molecule has 0 amide bonds. The minimum atomic E-state index is 0.181. The van der Waals surface area contributed by atoms with Crippen molar-refractivity contribution in [3.8, 4) is 22.3 Å². The van der Waals surface area contributed by atoms with Gasteiger partial charge in [0.25, 0.3) is 0 Å². The number of allylic oxidation sites excluding steroid dienone is 3. The molecular formula is C59H40N2S3. The van der Waals surface area contributed by atoms with Crippen molar-refractivity contribution >= 4 is 108 Å². The van der Waals surface area contributed by atoms with Crippen LogP contribution in [0.2, 0.25) is 0 Å². The lowest BCUT2D eigenvalue weighted by atomic mass is 9.85. The predicted molar refractivity (Wildman–Crippen MR) is 281 cm³/mol. The summed E-state index contributed by atoms with van der Waals surface area (Å²) >= 11 is 5.61. The van der Waals surface area contributed by atoms with E-state index in [1.54, 1.807) is 0 Å². The minimum Gasteiger partial charge on any atom is -0.383 e. The molecule has 0 bridgehead atoms. The lowest BCUT2D eigenvalue weighted by Crippen LogP contribution is -2.15. The van der Waals surface area contributed by atoms with E-state index in [0.29, 0.717) is 5.84 Å². The first-order chi connectivity index (χ1) is 31.5. The molecule has 0 saturated heterocycles. The van der Waals surface area contributed by atoms with Gasteiger partial charge in [0, 0.05) is 67.0 Å². The molecule has 1 atom stereocenters. The zero-order valence-electron chi connectivity index (χ0n) is 34.8. The monoisotopic (exact) mass is 872 g/mol. The maximum absolute atomic E-state index is 7.28. The fourth-order valence-corrected chi connectivity index (χ4v) is 13.3. The molecule has 3 heterocycles. The van der Waals surface area contributed by atoms with Crippen molar-refractivity contribution < 1.29 is 0 Å². The summed E-state index contributed by atoms with van der Waals surface area (Å²) in [5.74, 6) is 0.641. The van der Waals surface area contributed by atoms with Crippen molar-refractivity contribution in [2.24, 2.45) is 10.7 Å². The van der Waals surface area contributed by atoms with Crippen molar-refractivity contribution in [1.82, 2.24) is 0 Å². The fourth-order valence-electron chi connectivity index (χ4n) is 9.45. The second-order valence-corrected chi connectivity index (χ2v) is 19.7. The molecule has 64 heavy (non-hydrogen) atoms. The molecule has 3 aromatic heterocycles. The number of aliphatic imine (C=N–C) groups is 1. The summed E-state index contributed by atoms with van der Waals surface area (Å²) < 4.78 is 6.47. The van der Waals surface area contributed by atoms with Crippen molar-refractivity contribution in [3.63, 3.8) is 0 Å². The van der Waals surface area contributed by atoms with Crippen LogP contribution in [0.1, 0.15) is 45.0 Å². The quantitative estimate of drug-likeness (QED) is 0.0922. The van der Waals surface area contributed by atoms with Gasteiger partial charge >= 0.3 is 0 Å². The maximum atomic E-state index is 7.28. The van der Waals surface area contributed by atoms with Crippen LogP contribution >= 0.6 is 34.0 Å². The molecule has 304 valence electrons. The first-order valence-electron chi connectivity index (χ1n) is 21.6. The second-order valence-electron chi connectivity index (χ2n) is 16.5. The Kier molecular flexibility index (Phi) is 9.56. The first kappa shape index (κ1) is 38.5. The number of rotatable bonds is 8. The zero-order chi connectivity index (χ0) is 42.7. The zero-order valence-corrected chi connectivity index (χ0v) is 37.2. The highest BCUT2D eigenvalue weighted by Crippen LogP contribution is 2.47. The van der Waals surface area contributed by atoms with E-state index in [9.17, 15) is 0 Å². The topological polar surface area (TPSA) is 38.4 Å². The molecule has 1 aliphatic rings. The molecule has 5 heteroatoms. The molecule has 0 aliphatic heterocycles. The number of hydrogen-bond acceptors (Lipinski definition) is 4. The van der Waals surface area contributed by atoms with E-state index in [1.165, 1.54) is 77.6 Å². The van der Waals surface area contributed by atoms with Gasteiger partial charge in [0.2, 0.25) is 0 Å². The lowest BCUT2D eigenvalue weighted by molar-refractivity contribution is 0.840. The van der Waals surface area contributed by atoms with Crippen LogP contribution in [-0.4, -0.2) is 5.84 Å². The summed E-state index contributed by atoms with van der Waals surface area (Å²) in [5.41, 5.74) is 19.1. The number of hydrogen-bond donors (Lipinski definition) is 1. The van der Waals surface area contributed by atoms with Gasteiger partial charge in [-0.15, -0.1) is 34.0 Å². The van der Waals surface area contributed by atoms with E-state index in [0.717, 1.165) is 45.5 Å². The molecule has 12 rings (SSSR count). The van der Waals surface area contributed by atoms with Gasteiger partial charge in [-0.25, -0.2) is 4.99 Å². The summed E-state index contributed by atoms with van der Waals surface area (Å²) in [7, 11) is 0. The Morgan fingerprint density at radius 3 is 1.80 bits per heavy atom. The molecule has 1 unspecified atom stereocenters. The highest BCUT2D eigenvalue weighted by atomic mass is 32.1. The molecule has 0 fully saturated rings. The number of benzene rings is 8. The summed E-state index contributed by atoms with van der Waals surface area (Å²) in [6.45, 7) is 4.63. The molecule has 0 saturated carbocycles. The number of nitrogens with two attached hydrogens (primary N) is 1. The van der Waals surface area contributed by atoms with Gasteiger partial charge in [-0.1, -0.05) is 164 Å². The Bertz CT molecular complexity index is 3740. The Morgan fingerprint density at radius 2 is 1.09 bits per heavy atom. The van der Waals surface area contributed by atoms with Gasteiger partial charge in [-0.2, -0.15) is 0 Å². The molecule has 2 N–H and O–H groups in total. The Balaban J connectivity index is 0.985. The lowest BCUT2D eigenvalue weighted by Gasteiger charge is -2.21. The summed E-state index contributed by atoms with van der Waals surface area (Å²) in [4.78, 5) is 6.71. The van der Waals surface area contributed by atoms with Crippen LogP contribution in [0.4, 0.5) is 0 Å². The van der Waals surface area contributed by atoms with E-state index in [2.05, 4.69) is 189 Å². The minimum absolute atomic E-state index is 0.181. The van der Waals surface area contributed by atoms with Crippen molar-refractivity contribution in [2.75, 3.05) is 0 Å². The largest absolute Gasteiger partial charge is 0.383 e. The van der Waals surface area contributed by atoms with Crippen molar-refractivity contribution in [3.05, 3.63) is 233 Å². The normalized spacial score (nSPS) is 14.3. The van der Waals surface area contributed by atoms with Crippen LogP contribution in [-0.2, 0) is 0 Å². The average molecular weight is 873 g/mol. The van der Waals surface area contributed by atoms with Gasteiger partial charge in [0.15, 0.2) is 0 Å². The van der Waals surface area contributed by atoms with Crippen LogP contribution in [0, 0.1) is 0 Å². The number of amidine groups is 1. The Labute approximate surface area is 383 Å². The summed E-state index contributed by atoms with van der Waals surface area (Å²) in [6, 6.07) is 65.4. The van der Waals surface area contributed by atoms with E-state index in [1.807, 2.05) is 52.2 Å². The average Bonchev–Trinajstić information content (AvgIpc) is 4.05. The van der Waals surface area contributed by atoms with Crippen molar-refractivity contribution in [1.29, 1.82) is 0 Å².